The fourth-order valence-corrected chi connectivity index (χ4v) is 2.59. The van der Waals surface area contributed by atoms with Gasteiger partial charge in [0.25, 0.3) is 0 Å². The summed E-state index contributed by atoms with van der Waals surface area (Å²) in [5.41, 5.74) is 3.08. The van der Waals surface area contributed by atoms with Crippen molar-refractivity contribution in [1.29, 1.82) is 0 Å². The molecule has 1 fully saturated rings. The summed E-state index contributed by atoms with van der Waals surface area (Å²) < 4.78 is 5.44. The summed E-state index contributed by atoms with van der Waals surface area (Å²) in [6.45, 7) is 6.42. The van der Waals surface area contributed by atoms with E-state index in [1.165, 1.54) is 6.42 Å². The van der Waals surface area contributed by atoms with Crippen molar-refractivity contribution in [2.24, 2.45) is 5.92 Å². The first kappa shape index (κ1) is 14.9. The second-order valence-corrected chi connectivity index (χ2v) is 5.52. The Morgan fingerprint density at radius 3 is 2.75 bits per heavy atom. The minimum Gasteiger partial charge on any atom is -0.381 e. The molecule has 110 valence electrons. The van der Waals surface area contributed by atoms with Gasteiger partial charge in [0.15, 0.2) is 0 Å². The van der Waals surface area contributed by atoms with Gasteiger partial charge in [-0.1, -0.05) is 18.2 Å². The first-order chi connectivity index (χ1) is 9.66. The molecule has 1 heterocycles. The van der Waals surface area contributed by atoms with E-state index in [1.54, 1.807) is 0 Å². The topological polar surface area (TPSA) is 50.4 Å². The number of benzene rings is 1. The first-order valence-electron chi connectivity index (χ1n) is 7.35. The number of para-hydroxylation sites is 1. The average Bonchev–Trinajstić information content (AvgIpc) is 2.44. The van der Waals surface area contributed by atoms with Gasteiger partial charge in [0.1, 0.15) is 0 Å². The van der Waals surface area contributed by atoms with Crippen molar-refractivity contribution in [3.05, 3.63) is 29.3 Å². The van der Waals surface area contributed by atoms with E-state index in [0.717, 1.165) is 42.9 Å². The third-order valence-electron chi connectivity index (χ3n) is 3.81. The zero-order valence-corrected chi connectivity index (χ0v) is 12.4. The van der Waals surface area contributed by atoms with Crippen LogP contribution in [-0.4, -0.2) is 25.8 Å². The fourth-order valence-electron chi connectivity index (χ4n) is 2.59. The van der Waals surface area contributed by atoms with E-state index in [2.05, 4.69) is 10.6 Å². The van der Waals surface area contributed by atoms with Crippen molar-refractivity contribution in [3.63, 3.8) is 0 Å². The maximum Gasteiger partial charge on any atom is 0.319 e. The fraction of sp³-hybridized carbons (Fsp3) is 0.562. The van der Waals surface area contributed by atoms with E-state index in [1.807, 2.05) is 32.0 Å². The lowest BCUT2D eigenvalue weighted by molar-refractivity contribution is 0.0520. The van der Waals surface area contributed by atoms with E-state index in [0.29, 0.717) is 12.5 Å². The summed E-state index contributed by atoms with van der Waals surface area (Å²) in [6, 6.07) is 5.87. The Hall–Kier alpha value is -1.55. The smallest absolute Gasteiger partial charge is 0.319 e. The zero-order valence-electron chi connectivity index (χ0n) is 12.4. The normalized spacial score (nSPS) is 18.6. The molecule has 2 amide bonds. The van der Waals surface area contributed by atoms with Gasteiger partial charge >= 0.3 is 6.03 Å². The average molecular weight is 276 g/mol. The van der Waals surface area contributed by atoms with Crippen LogP contribution in [0.25, 0.3) is 0 Å². The largest absolute Gasteiger partial charge is 0.381 e. The lowest BCUT2D eigenvalue weighted by Gasteiger charge is -2.22. The number of aryl methyl sites for hydroxylation is 2. The lowest BCUT2D eigenvalue weighted by Crippen LogP contribution is -2.32. The number of amides is 2. The van der Waals surface area contributed by atoms with Gasteiger partial charge in [-0.05, 0) is 50.2 Å². The molecule has 0 aliphatic carbocycles. The van der Waals surface area contributed by atoms with Crippen LogP contribution >= 0.6 is 0 Å². The first-order valence-corrected chi connectivity index (χ1v) is 7.35. The van der Waals surface area contributed by atoms with Crippen LogP contribution in [0.1, 0.15) is 30.4 Å². The van der Waals surface area contributed by atoms with Crippen LogP contribution in [-0.2, 0) is 4.74 Å². The minimum atomic E-state index is -0.126. The number of rotatable bonds is 4. The molecule has 4 nitrogen and oxygen atoms in total. The Kier molecular flexibility index (Phi) is 5.41. The molecule has 0 aromatic heterocycles. The van der Waals surface area contributed by atoms with Gasteiger partial charge in [-0.15, -0.1) is 0 Å². The summed E-state index contributed by atoms with van der Waals surface area (Å²) in [4.78, 5) is 11.9. The molecule has 0 spiro atoms. The summed E-state index contributed by atoms with van der Waals surface area (Å²) in [7, 11) is 0. The van der Waals surface area contributed by atoms with Gasteiger partial charge in [0.2, 0.25) is 0 Å². The van der Waals surface area contributed by atoms with Crippen LogP contribution in [0.2, 0.25) is 0 Å². The molecule has 0 radical (unpaired) electrons. The van der Waals surface area contributed by atoms with E-state index < -0.39 is 0 Å². The van der Waals surface area contributed by atoms with Crippen molar-refractivity contribution in [2.75, 3.05) is 25.1 Å². The van der Waals surface area contributed by atoms with E-state index in [9.17, 15) is 4.79 Å². The van der Waals surface area contributed by atoms with Gasteiger partial charge in [-0.25, -0.2) is 4.79 Å². The second-order valence-electron chi connectivity index (χ2n) is 5.52. The monoisotopic (exact) mass is 276 g/mol. The van der Waals surface area contributed by atoms with Crippen molar-refractivity contribution in [2.45, 2.75) is 33.1 Å². The molecule has 1 aromatic carbocycles. The van der Waals surface area contributed by atoms with Gasteiger partial charge in [0, 0.05) is 25.4 Å². The summed E-state index contributed by atoms with van der Waals surface area (Å²) in [5, 5.41) is 5.86. The third-order valence-corrected chi connectivity index (χ3v) is 3.81. The van der Waals surface area contributed by atoms with Crippen LogP contribution in [0.3, 0.4) is 0 Å². The number of urea groups is 1. The van der Waals surface area contributed by atoms with Crippen LogP contribution in [0.5, 0.6) is 0 Å². The van der Waals surface area contributed by atoms with Gasteiger partial charge in [-0.3, -0.25) is 0 Å². The Morgan fingerprint density at radius 1 is 1.35 bits per heavy atom. The van der Waals surface area contributed by atoms with Crippen LogP contribution in [0.15, 0.2) is 18.2 Å². The number of nitrogens with one attached hydrogen (secondary N) is 2. The molecule has 20 heavy (non-hydrogen) atoms. The van der Waals surface area contributed by atoms with Crippen molar-refractivity contribution in [1.82, 2.24) is 5.32 Å². The number of anilines is 1. The number of hydrogen-bond donors (Lipinski definition) is 2. The van der Waals surface area contributed by atoms with Crippen molar-refractivity contribution < 1.29 is 9.53 Å². The molecule has 0 saturated carbocycles. The summed E-state index contributed by atoms with van der Waals surface area (Å²) in [5.74, 6) is 0.587. The molecule has 4 heteroatoms. The van der Waals surface area contributed by atoms with E-state index >= 15 is 0 Å². The molecule has 1 aromatic rings. The number of hydrogen-bond acceptors (Lipinski definition) is 2. The quantitative estimate of drug-likeness (QED) is 0.887. The van der Waals surface area contributed by atoms with Gasteiger partial charge < -0.3 is 15.4 Å². The number of carbonyl (C=O) groups excluding carboxylic acids is 1. The molecule has 2 rings (SSSR count). The van der Waals surface area contributed by atoms with Crippen LogP contribution in [0.4, 0.5) is 10.5 Å². The molecule has 0 bridgehead atoms. The molecule has 2 N–H and O–H groups in total. The highest BCUT2D eigenvalue weighted by atomic mass is 16.5. The highest BCUT2D eigenvalue weighted by Crippen LogP contribution is 2.19. The highest BCUT2D eigenvalue weighted by molar-refractivity contribution is 5.90. The number of carbonyl (C=O) groups is 1. The molecular weight excluding hydrogens is 252 g/mol. The second kappa shape index (κ2) is 7.29. The Morgan fingerprint density at radius 2 is 2.10 bits per heavy atom. The minimum absolute atomic E-state index is 0.126. The summed E-state index contributed by atoms with van der Waals surface area (Å²) >= 11 is 0. The Balaban J connectivity index is 1.75. The molecule has 0 unspecified atom stereocenters. The molecule has 1 atom stereocenters. The Bertz CT molecular complexity index is 434. The van der Waals surface area contributed by atoms with Crippen LogP contribution in [0, 0.1) is 19.8 Å². The summed E-state index contributed by atoms with van der Waals surface area (Å²) in [6.07, 6.45) is 3.33. The molecule has 1 aliphatic rings. The van der Waals surface area contributed by atoms with E-state index in [-0.39, 0.29) is 6.03 Å². The predicted octanol–water partition coefficient (Wildman–Crippen LogP) is 3.24. The zero-order chi connectivity index (χ0) is 14.4. The standard InChI is InChI=1S/C16H24N2O2/c1-12-5-3-6-13(2)15(12)18-16(19)17-9-8-14-7-4-10-20-11-14/h3,5-6,14H,4,7-11H2,1-2H3,(H2,17,18,19)/t14-/m0/s1. The highest BCUT2D eigenvalue weighted by Gasteiger charge is 2.14. The van der Waals surface area contributed by atoms with E-state index in [4.69, 9.17) is 4.74 Å². The maximum absolute atomic E-state index is 11.9. The van der Waals surface area contributed by atoms with Crippen molar-refractivity contribution >= 4 is 11.7 Å². The van der Waals surface area contributed by atoms with Crippen LogP contribution < -0.4 is 10.6 Å². The van der Waals surface area contributed by atoms with Gasteiger partial charge in [0.05, 0.1) is 0 Å². The maximum atomic E-state index is 11.9. The third kappa shape index (κ3) is 4.23. The Labute approximate surface area is 120 Å². The van der Waals surface area contributed by atoms with Crippen molar-refractivity contribution in [3.8, 4) is 0 Å². The number of ether oxygens (including phenoxy) is 1. The predicted molar refractivity (Wildman–Crippen MR) is 81.1 cm³/mol. The molecule has 1 saturated heterocycles. The van der Waals surface area contributed by atoms with Gasteiger partial charge in [-0.2, -0.15) is 0 Å². The molecule has 1 aliphatic heterocycles. The SMILES string of the molecule is Cc1cccc(C)c1NC(=O)NCC[C@@H]1CCCOC1. The molecular formula is C16H24N2O2. The lowest BCUT2D eigenvalue weighted by atomic mass is 9.99.